The number of carbonyl (C=O) groups is 1. The molecule has 1 fully saturated rings. The molecule has 1 heterocycles. The van der Waals surface area contributed by atoms with Crippen LogP contribution in [0.25, 0.3) is 0 Å². The van der Waals surface area contributed by atoms with Crippen LogP contribution in [0.2, 0.25) is 5.02 Å². The quantitative estimate of drug-likeness (QED) is 0.178. The Kier molecular flexibility index (Phi) is 10.1. The second-order valence-electron chi connectivity index (χ2n) is 10.3. The molecule has 36 heavy (non-hydrogen) atoms. The molecule has 2 aliphatic rings. The summed E-state index contributed by atoms with van der Waals surface area (Å²) in [6.45, 7) is 2.63. The van der Waals surface area contributed by atoms with Crippen molar-refractivity contribution in [2.45, 2.75) is 51.4 Å². The highest BCUT2D eigenvalue weighted by molar-refractivity contribution is 7.80. The molecule has 0 aromatic heterocycles. The first-order valence-corrected chi connectivity index (χ1v) is 14.4. The highest BCUT2D eigenvalue weighted by atomic mass is 35.5. The Morgan fingerprint density at radius 3 is 2.75 bits per heavy atom. The fourth-order valence-electron chi connectivity index (χ4n) is 5.41. The third kappa shape index (κ3) is 7.45. The van der Waals surface area contributed by atoms with Crippen molar-refractivity contribution in [2.75, 3.05) is 30.3 Å². The summed E-state index contributed by atoms with van der Waals surface area (Å²) in [5.74, 6) is 3.22. The number of benzene rings is 2. The number of nitrogens with zero attached hydrogens (tertiary/aromatic N) is 1. The zero-order valence-electron chi connectivity index (χ0n) is 21.1. The van der Waals surface area contributed by atoms with E-state index in [2.05, 4.69) is 41.8 Å². The van der Waals surface area contributed by atoms with Gasteiger partial charge < -0.3 is 15.4 Å². The van der Waals surface area contributed by atoms with Gasteiger partial charge in [-0.15, -0.1) is 0 Å². The summed E-state index contributed by atoms with van der Waals surface area (Å²) in [6.07, 6.45) is 13.8. The molecule has 1 saturated carbocycles. The maximum atomic E-state index is 11.9. The number of halogens is 1. The number of fused-ring (bicyclic) bond motifs is 1. The minimum absolute atomic E-state index is 0.395. The van der Waals surface area contributed by atoms with Crippen molar-refractivity contribution in [3.63, 3.8) is 0 Å². The number of ether oxygens (including phenoxy) is 1. The standard InChI is InChI=1S/C30H39ClN2O2S/c31-27-11-6-8-22(17-27)7-5-9-23-19-33(20-26-13-12-24(26)10-3-1-2-4-16-36)28-18-25(30(32)34)14-15-29(28)35-21-23/h1,3,6,8,11,14-15,17-18,23-24,26,36H,2,4-5,7,9-10,12-13,16,19-21H2,(H2,32,34)/b3-1+/t23-,24-,26+/m1/s1. The first-order chi connectivity index (χ1) is 17.5. The number of hydrogen-bond donors (Lipinski definition) is 2. The first kappa shape index (κ1) is 26.9. The van der Waals surface area contributed by atoms with E-state index in [0.717, 1.165) is 79.7 Å². The van der Waals surface area contributed by atoms with Gasteiger partial charge in [0.15, 0.2) is 0 Å². The lowest BCUT2D eigenvalue weighted by molar-refractivity contribution is 0.100. The summed E-state index contributed by atoms with van der Waals surface area (Å²) in [7, 11) is 0. The van der Waals surface area contributed by atoms with Crippen molar-refractivity contribution in [3.8, 4) is 5.75 Å². The molecule has 2 aromatic rings. The molecule has 0 saturated heterocycles. The van der Waals surface area contributed by atoms with Crippen LogP contribution in [0.1, 0.15) is 60.9 Å². The number of unbranched alkanes of at least 4 members (excludes halogenated alkanes) is 1. The summed E-state index contributed by atoms with van der Waals surface area (Å²) in [5.41, 5.74) is 8.45. The first-order valence-electron chi connectivity index (χ1n) is 13.4. The van der Waals surface area contributed by atoms with Crippen molar-refractivity contribution < 1.29 is 9.53 Å². The van der Waals surface area contributed by atoms with Crippen LogP contribution in [0.4, 0.5) is 5.69 Å². The predicted octanol–water partition coefficient (Wildman–Crippen LogP) is 6.96. The van der Waals surface area contributed by atoms with Crippen molar-refractivity contribution in [1.82, 2.24) is 0 Å². The second kappa shape index (κ2) is 13.4. The Bertz CT molecular complexity index is 1040. The Morgan fingerprint density at radius 1 is 1.14 bits per heavy atom. The van der Waals surface area contributed by atoms with E-state index >= 15 is 0 Å². The van der Waals surface area contributed by atoms with Gasteiger partial charge in [0.1, 0.15) is 5.75 Å². The molecule has 4 rings (SSSR count). The van der Waals surface area contributed by atoms with E-state index < -0.39 is 5.91 Å². The number of anilines is 1. The fraction of sp³-hybridized carbons (Fsp3) is 0.500. The number of thiol groups is 1. The second-order valence-corrected chi connectivity index (χ2v) is 11.2. The monoisotopic (exact) mass is 526 g/mol. The van der Waals surface area contributed by atoms with Crippen LogP contribution in [-0.2, 0) is 6.42 Å². The van der Waals surface area contributed by atoms with Gasteiger partial charge in [0.2, 0.25) is 5.91 Å². The van der Waals surface area contributed by atoms with Gasteiger partial charge in [0.05, 0.1) is 12.3 Å². The number of carbonyl (C=O) groups excluding carboxylic acids is 1. The van der Waals surface area contributed by atoms with Crippen molar-refractivity contribution in [3.05, 3.63) is 70.8 Å². The van der Waals surface area contributed by atoms with Crippen LogP contribution < -0.4 is 15.4 Å². The van der Waals surface area contributed by atoms with Gasteiger partial charge in [0, 0.05) is 29.6 Å². The Hall–Kier alpha value is -2.11. The molecule has 0 unspecified atom stereocenters. The third-order valence-electron chi connectivity index (χ3n) is 7.67. The lowest BCUT2D eigenvalue weighted by Gasteiger charge is -2.41. The van der Waals surface area contributed by atoms with E-state index in [0.29, 0.717) is 24.0 Å². The fourth-order valence-corrected chi connectivity index (χ4v) is 5.81. The molecular formula is C30H39ClN2O2S. The Morgan fingerprint density at radius 2 is 2.00 bits per heavy atom. The molecule has 1 amide bonds. The SMILES string of the molecule is NC(=O)c1ccc2c(c1)N(C[C@@H]1CC[C@H]1C/C=C/CCCS)C[C@@H](CCCc1cccc(Cl)c1)CO2. The number of nitrogens with two attached hydrogens (primary N) is 1. The number of aryl methyl sites for hydroxylation is 1. The summed E-state index contributed by atoms with van der Waals surface area (Å²) in [4.78, 5) is 14.4. The van der Waals surface area contributed by atoms with Gasteiger partial charge in [-0.25, -0.2) is 0 Å². The number of hydrogen-bond acceptors (Lipinski definition) is 4. The average Bonchev–Trinajstić information content (AvgIpc) is 3.03. The molecule has 194 valence electrons. The molecule has 1 aliphatic carbocycles. The molecule has 2 N–H and O–H groups in total. The highest BCUT2D eigenvalue weighted by Gasteiger charge is 2.33. The van der Waals surface area contributed by atoms with E-state index in [1.54, 1.807) is 6.07 Å². The van der Waals surface area contributed by atoms with Crippen molar-refractivity contribution in [1.29, 1.82) is 0 Å². The normalized spacial score (nSPS) is 21.5. The summed E-state index contributed by atoms with van der Waals surface area (Å²) in [5, 5.41) is 0.795. The van der Waals surface area contributed by atoms with Gasteiger partial charge in [-0.05, 0) is 105 Å². The Labute approximate surface area is 226 Å². The molecule has 6 heteroatoms. The zero-order valence-corrected chi connectivity index (χ0v) is 22.7. The summed E-state index contributed by atoms with van der Waals surface area (Å²) >= 11 is 10.5. The van der Waals surface area contributed by atoms with E-state index in [4.69, 9.17) is 22.1 Å². The predicted molar refractivity (Wildman–Crippen MR) is 154 cm³/mol. The van der Waals surface area contributed by atoms with Crippen LogP contribution in [-0.4, -0.2) is 31.4 Å². The molecule has 4 nitrogen and oxygen atoms in total. The number of primary amides is 1. The molecule has 3 atom stereocenters. The summed E-state index contributed by atoms with van der Waals surface area (Å²) in [6, 6.07) is 13.8. The van der Waals surface area contributed by atoms with E-state index in [1.807, 2.05) is 24.3 Å². The molecule has 1 aliphatic heterocycles. The van der Waals surface area contributed by atoms with Gasteiger partial charge in [0.25, 0.3) is 0 Å². The van der Waals surface area contributed by atoms with Crippen molar-refractivity contribution >= 4 is 35.8 Å². The zero-order chi connectivity index (χ0) is 25.3. The van der Waals surface area contributed by atoms with Crippen LogP contribution in [0.15, 0.2) is 54.6 Å². The lowest BCUT2D eigenvalue weighted by atomic mass is 9.71. The van der Waals surface area contributed by atoms with Crippen LogP contribution in [0.3, 0.4) is 0 Å². The maximum Gasteiger partial charge on any atom is 0.248 e. The minimum atomic E-state index is -0.395. The number of amides is 1. The lowest BCUT2D eigenvalue weighted by Crippen LogP contribution is -2.40. The Balaban J connectivity index is 1.42. The molecule has 0 radical (unpaired) electrons. The molecule has 0 bridgehead atoms. The molecular weight excluding hydrogens is 488 g/mol. The maximum absolute atomic E-state index is 11.9. The third-order valence-corrected chi connectivity index (χ3v) is 8.22. The van der Waals surface area contributed by atoms with Gasteiger partial charge in [-0.1, -0.05) is 35.9 Å². The molecule has 2 aromatic carbocycles. The molecule has 0 spiro atoms. The topological polar surface area (TPSA) is 55.6 Å². The van der Waals surface area contributed by atoms with Gasteiger partial charge in [-0.2, -0.15) is 12.6 Å². The van der Waals surface area contributed by atoms with E-state index in [9.17, 15) is 4.79 Å². The summed E-state index contributed by atoms with van der Waals surface area (Å²) < 4.78 is 6.28. The van der Waals surface area contributed by atoms with Crippen LogP contribution in [0, 0.1) is 17.8 Å². The van der Waals surface area contributed by atoms with Crippen LogP contribution in [0.5, 0.6) is 5.75 Å². The van der Waals surface area contributed by atoms with E-state index in [1.165, 1.54) is 18.4 Å². The smallest absolute Gasteiger partial charge is 0.248 e. The van der Waals surface area contributed by atoms with Crippen molar-refractivity contribution in [2.24, 2.45) is 23.5 Å². The number of rotatable bonds is 12. The minimum Gasteiger partial charge on any atom is -0.491 e. The largest absolute Gasteiger partial charge is 0.491 e. The number of allylic oxidation sites excluding steroid dienone is 2. The average molecular weight is 527 g/mol. The van der Waals surface area contributed by atoms with Gasteiger partial charge in [-0.3, -0.25) is 4.79 Å². The van der Waals surface area contributed by atoms with Crippen LogP contribution >= 0.6 is 24.2 Å². The van der Waals surface area contributed by atoms with Gasteiger partial charge >= 0.3 is 0 Å². The van der Waals surface area contributed by atoms with E-state index in [-0.39, 0.29) is 0 Å². The highest BCUT2D eigenvalue weighted by Crippen LogP contribution is 2.41.